The van der Waals surface area contributed by atoms with E-state index >= 15 is 0 Å². The van der Waals surface area contributed by atoms with E-state index in [-0.39, 0.29) is 0 Å². The molecule has 6 heteroatoms. The van der Waals surface area contributed by atoms with E-state index in [0.29, 0.717) is 18.3 Å². The van der Waals surface area contributed by atoms with Crippen molar-refractivity contribution in [2.75, 3.05) is 30.9 Å². The maximum absolute atomic E-state index is 11.3. The Hall–Kier alpha value is -2.50. The maximum Gasteiger partial charge on any atom is 0.327 e. The molecule has 1 atom stereocenters. The van der Waals surface area contributed by atoms with Crippen molar-refractivity contribution in [2.45, 2.75) is 18.8 Å². The van der Waals surface area contributed by atoms with Crippen LogP contribution in [0.3, 0.4) is 0 Å². The summed E-state index contributed by atoms with van der Waals surface area (Å²) in [7, 11) is 4.12. The van der Waals surface area contributed by atoms with Crippen molar-refractivity contribution in [2.24, 2.45) is 0 Å². The molecule has 0 saturated heterocycles. The largest absolute Gasteiger partial charge is 0.377 e. The summed E-state index contributed by atoms with van der Waals surface area (Å²) in [5.74, 6) is 0.851. The van der Waals surface area contributed by atoms with Crippen LogP contribution in [0.15, 0.2) is 33.9 Å². The number of aromatic nitrogens is 2. The van der Waals surface area contributed by atoms with Crippen LogP contribution in [0.1, 0.15) is 23.5 Å². The summed E-state index contributed by atoms with van der Waals surface area (Å²) in [5.41, 5.74) is 3.14. The number of fused-ring (bicyclic) bond motifs is 1. The van der Waals surface area contributed by atoms with E-state index in [1.54, 1.807) is 0 Å². The van der Waals surface area contributed by atoms with Gasteiger partial charge in [0.25, 0.3) is 5.56 Å². The Bertz CT molecular complexity index is 763. The van der Waals surface area contributed by atoms with Gasteiger partial charge in [0.1, 0.15) is 5.82 Å². The van der Waals surface area contributed by atoms with Crippen LogP contribution < -0.4 is 21.5 Å². The van der Waals surface area contributed by atoms with Crippen LogP contribution in [0.4, 0.5) is 11.5 Å². The minimum atomic E-state index is -0.489. The van der Waals surface area contributed by atoms with E-state index in [0.717, 1.165) is 12.8 Å². The second-order valence-corrected chi connectivity index (χ2v) is 5.86. The molecule has 1 aromatic carbocycles. The van der Waals surface area contributed by atoms with Gasteiger partial charge in [-0.1, -0.05) is 12.1 Å². The predicted molar refractivity (Wildman–Crippen MR) is 88.0 cm³/mol. The van der Waals surface area contributed by atoms with Crippen molar-refractivity contribution in [3.63, 3.8) is 0 Å². The molecular weight excluding hydrogens is 280 g/mol. The van der Waals surface area contributed by atoms with Gasteiger partial charge in [-0.15, -0.1) is 0 Å². The summed E-state index contributed by atoms with van der Waals surface area (Å²) < 4.78 is 0. The van der Waals surface area contributed by atoms with Crippen LogP contribution in [0.25, 0.3) is 0 Å². The van der Waals surface area contributed by atoms with Crippen molar-refractivity contribution in [1.82, 2.24) is 9.97 Å². The minimum Gasteiger partial charge on any atom is -0.377 e. The zero-order valence-corrected chi connectivity index (χ0v) is 12.8. The van der Waals surface area contributed by atoms with Crippen LogP contribution in [0.2, 0.25) is 0 Å². The highest BCUT2D eigenvalue weighted by molar-refractivity contribution is 5.59. The highest BCUT2D eigenvalue weighted by atomic mass is 16.2. The molecule has 22 heavy (non-hydrogen) atoms. The van der Waals surface area contributed by atoms with E-state index in [1.807, 2.05) is 0 Å². The highest BCUT2D eigenvalue weighted by Gasteiger charge is 2.24. The van der Waals surface area contributed by atoms with Crippen LogP contribution in [-0.4, -0.2) is 30.6 Å². The first-order valence-electron chi connectivity index (χ1n) is 7.41. The zero-order chi connectivity index (χ0) is 15.7. The lowest BCUT2D eigenvalue weighted by atomic mass is 10.0. The number of hydrogen-bond acceptors (Lipinski definition) is 4. The smallest absolute Gasteiger partial charge is 0.327 e. The third-order valence-corrected chi connectivity index (χ3v) is 4.15. The molecule has 0 aliphatic heterocycles. The Morgan fingerprint density at radius 1 is 1.27 bits per heavy atom. The quantitative estimate of drug-likeness (QED) is 0.794. The Morgan fingerprint density at radius 3 is 2.82 bits per heavy atom. The van der Waals surface area contributed by atoms with Crippen molar-refractivity contribution in [1.29, 1.82) is 0 Å². The molecular formula is C16H20N4O2. The lowest BCUT2D eigenvalue weighted by molar-refractivity contribution is 0.706. The monoisotopic (exact) mass is 300 g/mol. The van der Waals surface area contributed by atoms with Gasteiger partial charge in [-0.05, 0) is 30.0 Å². The molecule has 1 heterocycles. The lowest BCUT2D eigenvalue weighted by Gasteiger charge is -2.18. The average Bonchev–Trinajstić information content (AvgIpc) is 2.87. The van der Waals surface area contributed by atoms with Crippen molar-refractivity contribution in [3.8, 4) is 0 Å². The SMILES string of the molecule is CN(C)c1cccc2c1CCC2CNc1cc(=O)[nH]c(=O)[nH]1. The fraction of sp³-hybridized carbons (Fsp3) is 0.375. The first kappa shape index (κ1) is 14.4. The van der Waals surface area contributed by atoms with Gasteiger partial charge < -0.3 is 10.2 Å². The molecule has 1 aliphatic carbocycles. The predicted octanol–water partition coefficient (Wildman–Crippen LogP) is 1.27. The van der Waals surface area contributed by atoms with Crippen molar-refractivity contribution >= 4 is 11.5 Å². The standard InChI is InChI=1S/C16H20N4O2/c1-20(2)13-5-3-4-11-10(6-7-12(11)13)9-17-14-8-15(21)19-16(22)18-14/h3-5,8,10H,6-7,9H2,1-2H3,(H3,17,18,19,21,22). The molecule has 116 valence electrons. The van der Waals surface area contributed by atoms with Crippen LogP contribution in [-0.2, 0) is 6.42 Å². The summed E-state index contributed by atoms with van der Waals surface area (Å²) in [6, 6.07) is 7.76. The Balaban J connectivity index is 1.78. The summed E-state index contributed by atoms with van der Waals surface area (Å²) in [5, 5.41) is 3.17. The number of benzene rings is 1. The summed E-state index contributed by atoms with van der Waals surface area (Å²) in [6.07, 6.45) is 2.13. The molecule has 1 aliphatic rings. The van der Waals surface area contributed by atoms with E-state index in [9.17, 15) is 9.59 Å². The molecule has 1 unspecified atom stereocenters. The summed E-state index contributed by atoms with van der Waals surface area (Å²) in [4.78, 5) is 29.5. The molecule has 3 rings (SSSR count). The molecule has 3 N–H and O–H groups in total. The summed E-state index contributed by atoms with van der Waals surface area (Å²) >= 11 is 0. The van der Waals surface area contributed by atoms with Crippen LogP contribution >= 0.6 is 0 Å². The van der Waals surface area contributed by atoms with Gasteiger partial charge in [-0.25, -0.2) is 4.79 Å². The minimum absolute atomic E-state index is 0.387. The van der Waals surface area contributed by atoms with Gasteiger partial charge in [-0.3, -0.25) is 14.8 Å². The fourth-order valence-electron chi connectivity index (χ4n) is 3.15. The molecule has 0 bridgehead atoms. The Kier molecular flexibility index (Phi) is 3.75. The van der Waals surface area contributed by atoms with Gasteiger partial charge in [0.2, 0.25) is 0 Å². The zero-order valence-electron chi connectivity index (χ0n) is 12.8. The van der Waals surface area contributed by atoms with Crippen molar-refractivity contribution in [3.05, 3.63) is 56.2 Å². The average molecular weight is 300 g/mol. The molecule has 0 saturated carbocycles. The second-order valence-electron chi connectivity index (χ2n) is 5.86. The van der Waals surface area contributed by atoms with Crippen LogP contribution in [0, 0.1) is 0 Å². The molecule has 0 spiro atoms. The fourth-order valence-corrected chi connectivity index (χ4v) is 3.15. The van der Waals surface area contributed by atoms with Gasteiger partial charge in [0.15, 0.2) is 0 Å². The molecule has 2 aromatic rings. The first-order chi connectivity index (χ1) is 10.5. The van der Waals surface area contributed by atoms with Crippen LogP contribution in [0.5, 0.6) is 0 Å². The van der Waals surface area contributed by atoms with Crippen molar-refractivity contribution < 1.29 is 0 Å². The number of nitrogens with one attached hydrogen (secondary N) is 3. The second kappa shape index (κ2) is 5.71. The Morgan fingerprint density at radius 2 is 2.09 bits per heavy atom. The number of anilines is 2. The first-order valence-corrected chi connectivity index (χ1v) is 7.41. The van der Waals surface area contributed by atoms with E-state index in [4.69, 9.17) is 0 Å². The van der Waals surface area contributed by atoms with E-state index in [2.05, 4.69) is 52.5 Å². The third kappa shape index (κ3) is 2.77. The Labute approximate surface area is 128 Å². The number of rotatable bonds is 4. The molecule has 0 fully saturated rings. The molecule has 0 radical (unpaired) electrons. The number of aromatic amines is 2. The third-order valence-electron chi connectivity index (χ3n) is 4.15. The number of H-pyrrole nitrogens is 2. The molecule has 0 amide bonds. The van der Waals surface area contributed by atoms with Gasteiger partial charge >= 0.3 is 5.69 Å². The van der Waals surface area contributed by atoms with Gasteiger partial charge in [-0.2, -0.15) is 0 Å². The van der Waals surface area contributed by atoms with Gasteiger partial charge in [0.05, 0.1) is 0 Å². The summed E-state index contributed by atoms with van der Waals surface area (Å²) in [6.45, 7) is 0.698. The molecule has 6 nitrogen and oxygen atoms in total. The highest BCUT2D eigenvalue weighted by Crippen LogP contribution is 2.38. The van der Waals surface area contributed by atoms with Gasteiger partial charge in [0, 0.05) is 38.3 Å². The molecule has 1 aromatic heterocycles. The topological polar surface area (TPSA) is 81.0 Å². The maximum atomic E-state index is 11.3. The van der Waals surface area contributed by atoms with E-state index in [1.165, 1.54) is 22.9 Å². The lowest BCUT2D eigenvalue weighted by Crippen LogP contribution is -2.24. The van der Waals surface area contributed by atoms with E-state index < -0.39 is 11.2 Å². The normalized spacial score (nSPS) is 16.4. The number of hydrogen-bond donors (Lipinski definition) is 3. The number of nitrogens with zero attached hydrogens (tertiary/aromatic N) is 1.